The van der Waals surface area contributed by atoms with E-state index < -0.39 is 6.10 Å². The molecule has 0 bridgehead atoms. The summed E-state index contributed by atoms with van der Waals surface area (Å²) in [6.45, 7) is 11.6. The second-order valence-electron chi connectivity index (χ2n) is 6.79. The van der Waals surface area contributed by atoms with Gasteiger partial charge in [0, 0.05) is 11.6 Å². The molecule has 0 aliphatic rings. The summed E-state index contributed by atoms with van der Waals surface area (Å²) in [7, 11) is 0. The number of carbonyl (C=O) groups excluding carboxylic acids is 1. The van der Waals surface area contributed by atoms with E-state index in [0.717, 1.165) is 23.3 Å². The van der Waals surface area contributed by atoms with Crippen LogP contribution in [0.1, 0.15) is 45.7 Å². The highest BCUT2D eigenvalue weighted by Crippen LogP contribution is 2.22. The number of hydrogen-bond acceptors (Lipinski definition) is 3. The second-order valence-corrected chi connectivity index (χ2v) is 6.79. The van der Waals surface area contributed by atoms with Crippen LogP contribution in [0.5, 0.6) is 5.75 Å². The summed E-state index contributed by atoms with van der Waals surface area (Å²) in [6, 6.07) is 6.00. The van der Waals surface area contributed by atoms with Crippen LogP contribution in [0.4, 0.5) is 0 Å². The fraction of sp³-hybridized carbons (Fsp3) is 0.588. The van der Waals surface area contributed by atoms with Crippen molar-refractivity contribution in [2.45, 2.75) is 65.6 Å². The summed E-state index contributed by atoms with van der Waals surface area (Å²) in [5.41, 5.74) is 7.81. The zero-order valence-electron chi connectivity index (χ0n) is 14.0. The third-order valence-corrected chi connectivity index (χ3v) is 2.93. The van der Waals surface area contributed by atoms with Crippen LogP contribution in [-0.2, 0) is 11.2 Å². The van der Waals surface area contributed by atoms with E-state index >= 15 is 0 Å². The Bertz CT molecular complexity index is 490. The molecule has 3 N–H and O–H groups in total. The number of ether oxygens (including phenoxy) is 1. The molecular formula is C17H28N2O2. The van der Waals surface area contributed by atoms with Crippen LogP contribution in [0, 0.1) is 6.92 Å². The summed E-state index contributed by atoms with van der Waals surface area (Å²) >= 11 is 0. The normalized spacial score (nSPS) is 14.4. The molecule has 0 aromatic heterocycles. The lowest BCUT2D eigenvalue weighted by Gasteiger charge is -2.24. The van der Waals surface area contributed by atoms with Gasteiger partial charge in [0.15, 0.2) is 6.10 Å². The van der Waals surface area contributed by atoms with Gasteiger partial charge in [-0.1, -0.05) is 17.7 Å². The van der Waals surface area contributed by atoms with E-state index in [2.05, 4.69) is 11.4 Å². The standard InChI is InChI=1S/C17H28N2O2/c1-11-7-8-15(14(9-11)10-12(2)18)21-13(3)16(20)19-17(4,5)6/h7-9,12-13H,10,18H2,1-6H3,(H,19,20). The van der Waals surface area contributed by atoms with Gasteiger partial charge in [0.25, 0.3) is 5.91 Å². The van der Waals surface area contributed by atoms with Crippen molar-refractivity contribution in [3.05, 3.63) is 29.3 Å². The number of rotatable bonds is 5. The molecule has 0 saturated heterocycles. The molecule has 1 amide bonds. The first-order valence-corrected chi connectivity index (χ1v) is 7.42. The SMILES string of the molecule is Cc1ccc(OC(C)C(=O)NC(C)(C)C)c(CC(C)N)c1. The summed E-state index contributed by atoms with van der Waals surface area (Å²) in [5.74, 6) is 0.615. The first kappa shape index (κ1) is 17.5. The minimum absolute atomic E-state index is 0.0489. The Hall–Kier alpha value is -1.55. The van der Waals surface area contributed by atoms with Crippen LogP contribution >= 0.6 is 0 Å². The largest absolute Gasteiger partial charge is 0.481 e. The Morgan fingerprint density at radius 2 is 1.95 bits per heavy atom. The monoisotopic (exact) mass is 292 g/mol. The lowest BCUT2D eigenvalue weighted by molar-refractivity contribution is -0.128. The van der Waals surface area contributed by atoms with Crippen LogP contribution in [0.2, 0.25) is 0 Å². The summed E-state index contributed by atoms with van der Waals surface area (Å²) in [4.78, 5) is 12.1. The summed E-state index contributed by atoms with van der Waals surface area (Å²) in [6.07, 6.45) is 0.184. The van der Waals surface area contributed by atoms with Crippen molar-refractivity contribution in [3.8, 4) is 5.75 Å². The van der Waals surface area contributed by atoms with Crippen LogP contribution in [0.25, 0.3) is 0 Å². The number of nitrogens with two attached hydrogens (primary N) is 1. The molecule has 1 aromatic carbocycles. The average molecular weight is 292 g/mol. The maximum atomic E-state index is 12.1. The highest BCUT2D eigenvalue weighted by atomic mass is 16.5. The maximum Gasteiger partial charge on any atom is 0.261 e. The molecule has 21 heavy (non-hydrogen) atoms. The summed E-state index contributed by atoms with van der Waals surface area (Å²) < 4.78 is 5.84. The van der Waals surface area contributed by atoms with Gasteiger partial charge in [0.05, 0.1) is 0 Å². The van der Waals surface area contributed by atoms with Crippen LogP contribution < -0.4 is 15.8 Å². The topological polar surface area (TPSA) is 64.3 Å². The number of amides is 1. The molecule has 4 nitrogen and oxygen atoms in total. The van der Waals surface area contributed by atoms with Gasteiger partial charge in [0.1, 0.15) is 5.75 Å². The molecular weight excluding hydrogens is 264 g/mol. The molecule has 4 heteroatoms. The van der Waals surface area contributed by atoms with E-state index in [1.54, 1.807) is 6.92 Å². The second kappa shape index (κ2) is 6.94. The third-order valence-electron chi connectivity index (χ3n) is 2.93. The predicted octanol–water partition coefficient (Wildman–Crippen LogP) is 2.57. The fourth-order valence-corrected chi connectivity index (χ4v) is 2.04. The van der Waals surface area contributed by atoms with Crippen molar-refractivity contribution in [2.24, 2.45) is 5.73 Å². The zero-order valence-corrected chi connectivity index (χ0v) is 14.0. The van der Waals surface area contributed by atoms with Gasteiger partial charge in [-0.15, -0.1) is 0 Å². The van der Waals surface area contributed by atoms with Crippen molar-refractivity contribution >= 4 is 5.91 Å². The van der Waals surface area contributed by atoms with E-state index in [1.807, 2.05) is 46.8 Å². The van der Waals surface area contributed by atoms with Crippen molar-refractivity contribution in [2.75, 3.05) is 0 Å². The van der Waals surface area contributed by atoms with Crippen molar-refractivity contribution in [1.29, 1.82) is 0 Å². The van der Waals surface area contributed by atoms with Crippen molar-refractivity contribution in [3.63, 3.8) is 0 Å². The van der Waals surface area contributed by atoms with Crippen LogP contribution in [0.15, 0.2) is 18.2 Å². The lowest BCUT2D eigenvalue weighted by atomic mass is 10.0. The molecule has 0 aliphatic carbocycles. The average Bonchev–Trinajstić information content (AvgIpc) is 2.29. The Labute approximate surface area is 128 Å². The third kappa shape index (κ3) is 6.17. The van der Waals surface area contributed by atoms with Gasteiger partial charge in [-0.2, -0.15) is 0 Å². The Kier molecular flexibility index (Phi) is 5.78. The highest BCUT2D eigenvalue weighted by molar-refractivity contribution is 5.81. The van der Waals surface area contributed by atoms with Gasteiger partial charge in [-0.25, -0.2) is 0 Å². The number of aryl methyl sites for hydroxylation is 1. The van der Waals surface area contributed by atoms with E-state index in [1.165, 1.54) is 0 Å². The molecule has 2 unspecified atom stereocenters. The molecule has 0 heterocycles. The molecule has 2 atom stereocenters. The molecule has 0 radical (unpaired) electrons. The van der Waals surface area contributed by atoms with Crippen LogP contribution in [0.3, 0.4) is 0 Å². The van der Waals surface area contributed by atoms with E-state index in [-0.39, 0.29) is 17.5 Å². The molecule has 0 spiro atoms. The Morgan fingerprint density at radius 1 is 1.33 bits per heavy atom. The molecule has 0 saturated carbocycles. The first-order chi connectivity index (χ1) is 9.58. The molecule has 0 aliphatic heterocycles. The maximum absolute atomic E-state index is 12.1. The quantitative estimate of drug-likeness (QED) is 0.876. The van der Waals surface area contributed by atoms with Gasteiger partial charge < -0.3 is 15.8 Å². The van der Waals surface area contributed by atoms with E-state index in [9.17, 15) is 4.79 Å². The van der Waals surface area contributed by atoms with E-state index in [0.29, 0.717) is 0 Å². The summed E-state index contributed by atoms with van der Waals surface area (Å²) in [5, 5.41) is 2.92. The smallest absolute Gasteiger partial charge is 0.261 e. The zero-order chi connectivity index (χ0) is 16.2. The van der Waals surface area contributed by atoms with Crippen LogP contribution in [-0.4, -0.2) is 23.6 Å². The molecule has 118 valence electrons. The predicted molar refractivity (Wildman–Crippen MR) is 86.5 cm³/mol. The molecule has 0 fully saturated rings. The molecule has 1 aromatic rings. The Balaban J connectivity index is 2.84. The van der Waals surface area contributed by atoms with E-state index in [4.69, 9.17) is 10.5 Å². The number of carbonyl (C=O) groups is 1. The number of benzene rings is 1. The fourth-order valence-electron chi connectivity index (χ4n) is 2.04. The minimum atomic E-state index is -0.543. The highest BCUT2D eigenvalue weighted by Gasteiger charge is 2.21. The first-order valence-electron chi connectivity index (χ1n) is 7.42. The van der Waals surface area contributed by atoms with Gasteiger partial charge >= 0.3 is 0 Å². The Morgan fingerprint density at radius 3 is 2.48 bits per heavy atom. The van der Waals surface area contributed by atoms with Crippen molar-refractivity contribution < 1.29 is 9.53 Å². The molecule has 1 rings (SSSR count). The van der Waals surface area contributed by atoms with Gasteiger partial charge in [-0.3, -0.25) is 4.79 Å². The lowest BCUT2D eigenvalue weighted by Crippen LogP contribution is -2.46. The number of nitrogens with one attached hydrogen (secondary N) is 1. The van der Waals surface area contributed by atoms with Crippen molar-refractivity contribution in [1.82, 2.24) is 5.32 Å². The van der Waals surface area contributed by atoms with Gasteiger partial charge in [-0.05, 0) is 59.6 Å². The van der Waals surface area contributed by atoms with Gasteiger partial charge in [0.2, 0.25) is 0 Å². The minimum Gasteiger partial charge on any atom is -0.481 e. The number of hydrogen-bond donors (Lipinski definition) is 2.